The summed E-state index contributed by atoms with van der Waals surface area (Å²) in [7, 11) is 1.61. The van der Waals surface area contributed by atoms with Gasteiger partial charge in [-0.05, 0) is 50.6 Å². The van der Waals surface area contributed by atoms with Crippen molar-refractivity contribution in [2.24, 2.45) is 0 Å². The van der Waals surface area contributed by atoms with E-state index in [0.29, 0.717) is 23.7 Å². The van der Waals surface area contributed by atoms with Crippen molar-refractivity contribution in [3.8, 4) is 22.6 Å². The van der Waals surface area contributed by atoms with Crippen LogP contribution >= 0.6 is 0 Å². The van der Waals surface area contributed by atoms with Crippen LogP contribution in [0.15, 0.2) is 72.8 Å². The van der Waals surface area contributed by atoms with Crippen molar-refractivity contribution in [3.05, 3.63) is 83.9 Å². The Labute approximate surface area is 172 Å². The fourth-order valence-electron chi connectivity index (χ4n) is 2.96. The van der Waals surface area contributed by atoms with Gasteiger partial charge in [0.15, 0.2) is 0 Å². The molecule has 0 saturated carbocycles. The van der Waals surface area contributed by atoms with E-state index in [1.54, 1.807) is 13.2 Å². The van der Waals surface area contributed by atoms with Crippen molar-refractivity contribution in [1.29, 1.82) is 0 Å². The normalized spacial score (nSPS) is 11.0. The summed E-state index contributed by atoms with van der Waals surface area (Å²) in [6.07, 6.45) is 0. The van der Waals surface area contributed by atoms with Gasteiger partial charge in [-0.1, -0.05) is 48.5 Å². The van der Waals surface area contributed by atoms with Crippen LogP contribution in [0.2, 0.25) is 0 Å². The van der Waals surface area contributed by atoms with E-state index in [4.69, 9.17) is 14.2 Å². The molecule has 0 aromatic heterocycles. The number of rotatable bonds is 6. The molecule has 4 heteroatoms. The van der Waals surface area contributed by atoms with Gasteiger partial charge in [0.05, 0.1) is 12.7 Å². The van der Waals surface area contributed by atoms with Gasteiger partial charge in [0, 0.05) is 11.1 Å². The average molecular weight is 390 g/mol. The monoisotopic (exact) mass is 390 g/mol. The Kier molecular flexibility index (Phi) is 6.23. The second-order valence-corrected chi connectivity index (χ2v) is 7.68. The molecule has 0 atom stereocenters. The maximum absolute atomic E-state index is 13.0. The Balaban J connectivity index is 1.98. The average Bonchev–Trinajstić information content (AvgIpc) is 2.71. The van der Waals surface area contributed by atoms with Crippen LogP contribution < -0.4 is 9.47 Å². The molecule has 0 saturated heterocycles. The maximum Gasteiger partial charge on any atom is 0.339 e. The lowest BCUT2D eigenvalue weighted by Crippen LogP contribution is -2.24. The zero-order valence-electron chi connectivity index (χ0n) is 17.3. The number of benzene rings is 3. The van der Waals surface area contributed by atoms with Crippen LogP contribution in [0.3, 0.4) is 0 Å². The van der Waals surface area contributed by atoms with E-state index in [2.05, 4.69) is 0 Å². The van der Waals surface area contributed by atoms with Gasteiger partial charge in [-0.15, -0.1) is 0 Å². The largest absolute Gasteiger partial charge is 0.496 e. The number of carbonyl (C=O) groups excluding carboxylic acids is 1. The minimum atomic E-state index is -0.601. The minimum absolute atomic E-state index is 0.399. The topological polar surface area (TPSA) is 44.8 Å². The first-order chi connectivity index (χ1) is 13.9. The highest BCUT2D eigenvalue weighted by atomic mass is 16.6. The molecule has 0 bridgehead atoms. The number of para-hydroxylation sites is 1. The molecule has 0 unspecified atom stereocenters. The van der Waals surface area contributed by atoms with Crippen molar-refractivity contribution < 1.29 is 19.0 Å². The van der Waals surface area contributed by atoms with E-state index in [1.807, 2.05) is 87.5 Å². The molecule has 150 valence electrons. The summed E-state index contributed by atoms with van der Waals surface area (Å²) < 4.78 is 17.1. The molecule has 0 heterocycles. The van der Waals surface area contributed by atoms with Crippen molar-refractivity contribution in [2.45, 2.75) is 33.0 Å². The van der Waals surface area contributed by atoms with E-state index in [-0.39, 0.29) is 0 Å². The van der Waals surface area contributed by atoms with E-state index in [9.17, 15) is 4.79 Å². The predicted molar refractivity (Wildman–Crippen MR) is 114 cm³/mol. The first-order valence-corrected chi connectivity index (χ1v) is 9.55. The lowest BCUT2D eigenvalue weighted by Gasteiger charge is -2.21. The van der Waals surface area contributed by atoms with Crippen molar-refractivity contribution in [1.82, 2.24) is 0 Å². The van der Waals surface area contributed by atoms with Crippen molar-refractivity contribution in [2.75, 3.05) is 7.11 Å². The molecule has 0 amide bonds. The molecule has 0 N–H and O–H groups in total. The van der Waals surface area contributed by atoms with Crippen molar-refractivity contribution >= 4 is 5.97 Å². The fraction of sp³-hybridized carbons (Fsp3) is 0.240. The molecule has 4 nitrogen and oxygen atoms in total. The molecule has 3 aromatic carbocycles. The molecule has 0 spiro atoms. The van der Waals surface area contributed by atoms with E-state index < -0.39 is 11.6 Å². The van der Waals surface area contributed by atoms with Crippen LogP contribution in [0.25, 0.3) is 11.1 Å². The lowest BCUT2D eigenvalue weighted by atomic mass is 9.98. The van der Waals surface area contributed by atoms with Crippen LogP contribution in [0.5, 0.6) is 11.5 Å². The molecular weight excluding hydrogens is 364 g/mol. The summed E-state index contributed by atoms with van der Waals surface area (Å²) in [4.78, 5) is 13.0. The summed E-state index contributed by atoms with van der Waals surface area (Å²) in [5.74, 6) is 0.896. The van der Waals surface area contributed by atoms with Gasteiger partial charge in [0.1, 0.15) is 23.7 Å². The van der Waals surface area contributed by atoms with Crippen LogP contribution in [-0.2, 0) is 11.3 Å². The first-order valence-electron chi connectivity index (χ1n) is 9.55. The highest BCUT2D eigenvalue weighted by Crippen LogP contribution is 2.35. The highest BCUT2D eigenvalue weighted by Gasteiger charge is 2.23. The third-order valence-electron chi connectivity index (χ3n) is 4.26. The summed E-state index contributed by atoms with van der Waals surface area (Å²) >= 11 is 0. The van der Waals surface area contributed by atoms with Gasteiger partial charge in [-0.25, -0.2) is 4.79 Å². The number of hydrogen-bond donors (Lipinski definition) is 0. The smallest absolute Gasteiger partial charge is 0.339 e. The minimum Gasteiger partial charge on any atom is -0.496 e. The quantitative estimate of drug-likeness (QED) is 0.492. The standard InChI is InChI=1S/C25H26O4/c1-25(2,3)29-24(26)22-16-19(28-17-18-10-6-5-7-11-18)14-15-20(22)21-12-8-9-13-23(21)27-4/h5-16H,17H2,1-4H3. The molecule has 3 aromatic rings. The molecular formula is C25H26O4. The Morgan fingerprint density at radius 3 is 2.24 bits per heavy atom. The third-order valence-corrected chi connectivity index (χ3v) is 4.26. The SMILES string of the molecule is COc1ccccc1-c1ccc(OCc2ccccc2)cc1C(=O)OC(C)(C)C. The van der Waals surface area contributed by atoms with Crippen LogP contribution in [0.1, 0.15) is 36.7 Å². The van der Waals surface area contributed by atoms with E-state index in [1.165, 1.54) is 0 Å². The molecule has 29 heavy (non-hydrogen) atoms. The third kappa shape index (κ3) is 5.38. The zero-order chi connectivity index (χ0) is 20.9. The fourth-order valence-corrected chi connectivity index (χ4v) is 2.96. The van der Waals surface area contributed by atoms with Crippen molar-refractivity contribution in [3.63, 3.8) is 0 Å². The van der Waals surface area contributed by atoms with Gasteiger partial charge < -0.3 is 14.2 Å². The van der Waals surface area contributed by atoms with Gasteiger partial charge in [-0.3, -0.25) is 0 Å². The van der Waals surface area contributed by atoms with Gasteiger partial charge in [-0.2, -0.15) is 0 Å². The Hall–Kier alpha value is -3.27. The summed E-state index contributed by atoms with van der Waals surface area (Å²) in [5.41, 5.74) is 2.46. The number of methoxy groups -OCH3 is 1. The molecule has 0 aliphatic rings. The van der Waals surface area contributed by atoms with Gasteiger partial charge >= 0.3 is 5.97 Å². The molecule has 0 fully saturated rings. The Bertz CT molecular complexity index is 972. The van der Waals surface area contributed by atoms with Gasteiger partial charge in [0.2, 0.25) is 0 Å². The number of hydrogen-bond acceptors (Lipinski definition) is 4. The number of carbonyl (C=O) groups is 1. The summed E-state index contributed by atoms with van der Waals surface area (Å²) in [6.45, 7) is 5.97. The molecule has 3 rings (SSSR count). The van der Waals surface area contributed by atoms with E-state index >= 15 is 0 Å². The Morgan fingerprint density at radius 2 is 1.55 bits per heavy atom. The number of ether oxygens (including phenoxy) is 3. The first kappa shape index (κ1) is 20.5. The summed E-state index contributed by atoms with van der Waals surface area (Å²) in [6, 6.07) is 23.0. The number of esters is 1. The Morgan fingerprint density at radius 1 is 0.862 bits per heavy atom. The van der Waals surface area contributed by atoms with Crippen LogP contribution in [0.4, 0.5) is 0 Å². The molecule has 0 aliphatic carbocycles. The summed E-state index contributed by atoms with van der Waals surface area (Å²) in [5, 5.41) is 0. The predicted octanol–water partition coefficient (Wildman–Crippen LogP) is 5.90. The van der Waals surface area contributed by atoms with Gasteiger partial charge in [0.25, 0.3) is 0 Å². The maximum atomic E-state index is 13.0. The van der Waals surface area contributed by atoms with E-state index in [0.717, 1.165) is 16.7 Å². The lowest BCUT2D eigenvalue weighted by molar-refractivity contribution is 0.00700. The van der Waals surface area contributed by atoms with Crippen LogP contribution in [0, 0.1) is 0 Å². The molecule has 0 aliphatic heterocycles. The highest BCUT2D eigenvalue weighted by molar-refractivity contribution is 5.98. The van der Waals surface area contributed by atoms with Crippen LogP contribution in [-0.4, -0.2) is 18.7 Å². The second-order valence-electron chi connectivity index (χ2n) is 7.68. The molecule has 0 radical (unpaired) electrons. The second kappa shape index (κ2) is 8.82. The zero-order valence-corrected chi connectivity index (χ0v) is 17.3.